The lowest BCUT2D eigenvalue weighted by molar-refractivity contribution is -0.127. The largest absolute Gasteiger partial charge is 0.493 e. The summed E-state index contributed by atoms with van der Waals surface area (Å²) >= 11 is 0. The molecule has 160 valence electrons. The lowest BCUT2D eigenvalue weighted by Gasteiger charge is -2.41. The quantitative estimate of drug-likeness (QED) is 0.730. The van der Waals surface area contributed by atoms with Crippen LogP contribution in [0.3, 0.4) is 0 Å². The number of fused-ring (bicyclic) bond motifs is 3. The molecule has 2 aromatic rings. The Morgan fingerprint density at radius 1 is 1.17 bits per heavy atom. The van der Waals surface area contributed by atoms with Crippen LogP contribution < -0.4 is 9.47 Å². The van der Waals surface area contributed by atoms with Crippen molar-refractivity contribution in [1.82, 2.24) is 9.78 Å². The summed E-state index contributed by atoms with van der Waals surface area (Å²) in [6.45, 7) is 6.61. The molecule has 1 fully saturated rings. The number of aliphatic imine (C=N–C) groups is 1. The van der Waals surface area contributed by atoms with E-state index < -0.39 is 0 Å². The van der Waals surface area contributed by atoms with E-state index in [-0.39, 0.29) is 23.2 Å². The van der Waals surface area contributed by atoms with Crippen LogP contribution in [0, 0.1) is 11.3 Å². The molecule has 1 saturated carbocycles. The predicted octanol–water partition coefficient (Wildman–Crippen LogP) is 4.37. The zero-order valence-corrected chi connectivity index (χ0v) is 18.5. The normalized spacial score (nSPS) is 22.2. The average Bonchev–Trinajstić information content (AvgIpc) is 3.04. The van der Waals surface area contributed by atoms with Crippen LogP contribution in [0.15, 0.2) is 23.2 Å². The number of ether oxygens (including phenoxy) is 3. The van der Waals surface area contributed by atoms with E-state index in [0.717, 1.165) is 34.8 Å². The number of ketones is 1. The summed E-state index contributed by atoms with van der Waals surface area (Å²) < 4.78 is 18.3. The number of carbonyl (C=O) groups is 1. The summed E-state index contributed by atoms with van der Waals surface area (Å²) in [4.78, 5) is 17.8. The molecule has 4 rings (SSSR count). The molecule has 7 heteroatoms. The fraction of sp³-hybridized carbons (Fsp3) is 0.522. The van der Waals surface area contributed by atoms with Gasteiger partial charge in [-0.15, -0.1) is 0 Å². The maximum atomic E-state index is 12.9. The first-order chi connectivity index (χ1) is 14.3. The highest BCUT2D eigenvalue weighted by molar-refractivity contribution is 6.07. The standard InChI is InChI=1S/C23H29N3O4/c1-13-20-16(10-23(2,3)11-17(20)27)26-22(24-13)21(15(25-26)12-28-4)14-7-8-18(29-5)19(9-14)30-6/h7-9,16,20H,10-12H2,1-6H3/t16-,20-/m0/s1. The fourth-order valence-corrected chi connectivity index (χ4v) is 4.86. The molecule has 0 unspecified atom stereocenters. The zero-order chi connectivity index (χ0) is 21.6. The van der Waals surface area contributed by atoms with Gasteiger partial charge in [-0.25, -0.2) is 9.67 Å². The van der Waals surface area contributed by atoms with Gasteiger partial charge in [-0.2, -0.15) is 5.10 Å². The Morgan fingerprint density at radius 2 is 1.90 bits per heavy atom. The molecule has 7 nitrogen and oxygen atoms in total. The molecule has 1 aromatic carbocycles. The fourth-order valence-electron chi connectivity index (χ4n) is 4.86. The second-order valence-corrected chi connectivity index (χ2v) is 8.90. The van der Waals surface area contributed by atoms with E-state index >= 15 is 0 Å². The van der Waals surface area contributed by atoms with Gasteiger partial charge >= 0.3 is 0 Å². The van der Waals surface area contributed by atoms with Crippen LogP contribution in [0.1, 0.15) is 45.3 Å². The van der Waals surface area contributed by atoms with Crippen LogP contribution in [0.4, 0.5) is 5.82 Å². The lowest BCUT2D eigenvalue weighted by Crippen LogP contribution is -2.43. The van der Waals surface area contributed by atoms with Crippen molar-refractivity contribution in [3.63, 3.8) is 0 Å². The molecule has 1 aliphatic carbocycles. The Morgan fingerprint density at radius 3 is 2.57 bits per heavy atom. The van der Waals surface area contributed by atoms with Crippen LogP contribution in [0.2, 0.25) is 0 Å². The van der Waals surface area contributed by atoms with Crippen LogP contribution in [-0.4, -0.2) is 42.6 Å². The molecule has 0 amide bonds. The van der Waals surface area contributed by atoms with E-state index in [1.165, 1.54) is 0 Å². The smallest absolute Gasteiger partial charge is 0.161 e. The molecule has 30 heavy (non-hydrogen) atoms. The highest BCUT2D eigenvalue weighted by Crippen LogP contribution is 2.49. The summed E-state index contributed by atoms with van der Waals surface area (Å²) in [7, 11) is 4.89. The van der Waals surface area contributed by atoms with Crippen LogP contribution in [0.25, 0.3) is 11.1 Å². The maximum Gasteiger partial charge on any atom is 0.161 e. The Kier molecular flexibility index (Phi) is 5.18. The number of Topliss-reactive ketones (excluding diaryl/α,β-unsaturated/α-hetero) is 1. The first-order valence-electron chi connectivity index (χ1n) is 10.2. The number of hydrogen-bond donors (Lipinski definition) is 0. The second kappa shape index (κ2) is 7.54. The molecule has 0 saturated heterocycles. The van der Waals surface area contributed by atoms with E-state index in [9.17, 15) is 4.79 Å². The second-order valence-electron chi connectivity index (χ2n) is 8.90. The van der Waals surface area contributed by atoms with Crippen molar-refractivity contribution in [3.05, 3.63) is 23.9 Å². The van der Waals surface area contributed by atoms with Gasteiger partial charge in [0.25, 0.3) is 0 Å². The van der Waals surface area contributed by atoms with E-state index in [4.69, 9.17) is 24.3 Å². The molecule has 1 aliphatic heterocycles. The number of hydrogen-bond acceptors (Lipinski definition) is 6. The molecular formula is C23H29N3O4. The monoisotopic (exact) mass is 411 g/mol. The van der Waals surface area contributed by atoms with Crippen molar-refractivity contribution in [2.24, 2.45) is 16.3 Å². The summed E-state index contributed by atoms with van der Waals surface area (Å²) in [6.07, 6.45) is 1.45. The Hall–Kier alpha value is -2.67. The van der Waals surface area contributed by atoms with Gasteiger partial charge in [0.15, 0.2) is 17.3 Å². The van der Waals surface area contributed by atoms with E-state index in [1.54, 1.807) is 21.3 Å². The molecule has 0 radical (unpaired) electrons. The van der Waals surface area contributed by atoms with Gasteiger partial charge in [0, 0.05) is 19.2 Å². The Bertz CT molecular complexity index is 1020. The van der Waals surface area contributed by atoms with Gasteiger partial charge in [-0.3, -0.25) is 4.79 Å². The van der Waals surface area contributed by atoms with Crippen molar-refractivity contribution >= 4 is 17.3 Å². The average molecular weight is 412 g/mol. The third-order valence-electron chi connectivity index (χ3n) is 6.10. The van der Waals surface area contributed by atoms with Crippen LogP contribution >= 0.6 is 0 Å². The van der Waals surface area contributed by atoms with Gasteiger partial charge in [-0.1, -0.05) is 19.9 Å². The Labute approximate surface area is 177 Å². The molecule has 2 heterocycles. The van der Waals surface area contributed by atoms with Crippen molar-refractivity contribution in [1.29, 1.82) is 0 Å². The van der Waals surface area contributed by atoms with Crippen molar-refractivity contribution in [3.8, 4) is 22.6 Å². The number of methoxy groups -OCH3 is 3. The SMILES string of the molecule is COCc1nn2c(c1-c1ccc(OC)c(OC)c1)N=C(C)[C@@H]1C(=O)CC(C)(C)C[C@@H]12. The minimum Gasteiger partial charge on any atom is -0.493 e. The first-order valence-corrected chi connectivity index (χ1v) is 10.2. The van der Waals surface area contributed by atoms with Gasteiger partial charge in [0.1, 0.15) is 5.78 Å². The third kappa shape index (κ3) is 3.31. The molecule has 0 bridgehead atoms. The predicted molar refractivity (Wildman–Crippen MR) is 115 cm³/mol. The number of benzene rings is 1. The molecule has 0 spiro atoms. The first kappa shape index (κ1) is 20.6. The highest BCUT2D eigenvalue weighted by atomic mass is 16.5. The highest BCUT2D eigenvalue weighted by Gasteiger charge is 2.46. The third-order valence-corrected chi connectivity index (χ3v) is 6.10. The number of rotatable bonds is 5. The minimum absolute atomic E-state index is 0.0294. The van der Waals surface area contributed by atoms with Crippen molar-refractivity contribution in [2.75, 3.05) is 21.3 Å². The molecule has 2 atom stereocenters. The summed E-state index contributed by atoms with van der Waals surface area (Å²) in [5.74, 6) is 2.12. The minimum atomic E-state index is -0.209. The number of carbonyl (C=O) groups excluding carboxylic acids is 1. The van der Waals surface area contributed by atoms with Crippen molar-refractivity contribution in [2.45, 2.75) is 46.3 Å². The van der Waals surface area contributed by atoms with Gasteiger partial charge in [0.2, 0.25) is 0 Å². The number of aromatic nitrogens is 2. The van der Waals surface area contributed by atoms with E-state index in [2.05, 4.69) is 13.8 Å². The molecule has 2 aliphatic rings. The summed E-state index contributed by atoms with van der Waals surface area (Å²) in [6, 6.07) is 5.76. The Balaban J connectivity index is 1.91. The van der Waals surface area contributed by atoms with Gasteiger partial charge in [0.05, 0.1) is 44.0 Å². The van der Waals surface area contributed by atoms with E-state index in [1.807, 2.05) is 29.8 Å². The van der Waals surface area contributed by atoms with Crippen LogP contribution in [0.5, 0.6) is 11.5 Å². The lowest BCUT2D eigenvalue weighted by atomic mass is 9.68. The summed E-state index contributed by atoms with van der Waals surface area (Å²) in [5, 5.41) is 4.89. The van der Waals surface area contributed by atoms with Crippen LogP contribution in [-0.2, 0) is 16.1 Å². The van der Waals surface area contributed by atoms with Gasteiger partial charge in [-0.05, 0) is 36.5 Å². The van der Waals surface area contributed by atoms with E-state index in [0.29, 0.717) is 24.5 Å². The molecular weight excluding hydrogens is 382 g/mol. The van der Waals surface area contributed by atoms with Gasteiger partial charge < -0.3 is 14.2 Å². The molecule has 0 N–H and O–H groups in total. The maximum absolute atomic E-state index is 12.9. The zero-order valence-electron chi connectivity index (χ0n) is 18.5. The number of nitrogens with zero attached hydrogens (tertiary/aromatic N) is 3. The summed E-state index contributed by atoms with van der Waals surface area (Å²) in [5.41, 5.74) is 3.43. The topological polar surface area (TPSA) is 74.9 Å². The molecule has 1 aromatic heterocycles. The van der Waals surface area contributed by atoms with Crippen molar-refractivity contribution < 1.29 is 19.0 Å².